The van der Waals surface area contributed by atoms with Crippen LogP contribution in [0, 0.1) is 0 Å². The van der Waals surface area contributed by atoms with Crippen LogP contribution in [0.1, 0.15) is 26.3 Å². The third-order valence-electron chi connectivity index (χ3n) is 2.62. The van der Waals surface area contributed by atoms with Crippen LogP contribution in [0.25, 0.3) is 0 Å². The summed E-state index contributed by atoms with van der Waals surface area (Å²) >= 11 is 3.25. The van der Waals surface area contributed by atoms with Gasteiger partial charge in [-0.1, -0.05) is 12.1 Å². The Morgan fingerprint density at radius 1 is 1.15 bits per heavy atom. The number of nitrogens with one attached hydrogen (secondary N) is 1. The first kappa shape index (κ1) is 14.2. The van der Waals surface area contributed by atoms with Gasteiger partial charge in [0.15, 0.2) is 0 Å². The van der Waals surface area contributed by atoms with Crippen molar-refractivity contribution in [1.82, 2.24) is 10.3 Å². The van der Waals surface area contributed by atoms with Crippen LogP contribution < -0.4 is 5.32 Å². The zero-order chi connectivity index (χ0) is 14.5. The summed E-state index contributed by atoms with van der Waals surface area (Å²) in [6.07, 6.45) is 3.08. The number of carbonyl (C=O) groups excluding carboxylic acids is 1. The van der Waals surface area contributed by atoms with Crippen LogP contribution in [0.3, 0.4) is 0 Å². The smallest absolute Gasteiger partial charge is 0.335 e. The number of hydrogen-bond acceptors (Lipinski definition) is 3. The van der Waals surface area contributed by atoms with Crippen LogP contribution in [0.2, 0.25) is 0 Å². The molecule has 2 aromatic rings. The number of hydrogen-bond donors (Lipinski definition) is 2. The SMILES string of the molecule is O=C(O)c1ccc(CNC(=O)c2cncc(Br)c2)cc1. The molecule has 0 saturated heterocycles. The Labute approximate surface area is 123 Å². The highest BCUT2D eigenvalue weighted by Crippen LogP contribution is 2.10. The van der Waals surface area contributed by atoms with E-state index < -0.39 is 5.97 Å². The second kappa shape index (κ2) is 6.29. The Kier molecular flexibility index (Phi) is 4.47. The molecule has 0 radical (unpaired) electrons. The molecule has 0 fully saturated rings. The van der Waals surface area contributed by atoms with Gasteiger partial charge in [0.05, 0.1) is 11.1 Å². The first-order chi connectivity index (χ1) is 9.56. The lowest BCUT2D eigenvalue weighted by molar-refractivity contribution is 0.0696. The summed E-state index contributed by atoms with van der Waals surface area (Å²) in [5.74, 6) is -1.21. The minimum Gasteiger partial charge on any atom is -0.478 e. The molecule has 5 nitrogen and oxygen atoms in total. The number of halogens is 1. The van der Waals surface area contributed by atoms with E-state index in [2.05, 4.69) is 26.2 Å². The maximum Gasteiger partial charge on any atom is 0.335 e. The fraction of sp³-hybridized carbons (Fsp3) is 0.0714. The summed E-state index contributed by atoms with van der Waals surface area (Å²) in [5, 5.41) is 11.5. The van der Waals surface area contributed by atoms with Crippen LogP contribution in [-0.2, 0) is 6.54 Å². The number of aromatic carboxylic acids is 1. The summed E-state index contributed by atoms with van der Waals surface area (Å²) < 4.78 is 0.732. The van der Waals surface area contributed by atoms with Crippen molar-refractivity contribution in [1.29, 1.82) is 0 Å². The quantitative estimate of drug-likeness (QED) is 0.900. The van der Waals surface area contributed by atoms with Crippen LogP contribution >= 0.6 is 15.9 Å². The fourth-order valence-corrected chi connectivity index (χ4v) is 1.95. The number of amides is 1. The number of carboxylic acid groups (broad SMARTS) is 1. The normalized spacial score (nSPS) is 10.1. The molecule has 0 bridgehead atoms. The van der Waals surface area contributed by atoms with Gasteiger partial charge in [-0.05, 0) is 39.7 Å². The van der Waals surface area contributed by atoms with E-state index >= 15 is 0 Å². The summed E-state index contributed by atoms with van der Waals surface area (Å²) in [7, 11) is 0. The zero-order valence-electron chi connectivity index (χ0n) is 10.3. The van der Waals surface area contributed by atoms with Crippen molar-refractivity contribution in [3.63, 3.8) is 0 Å². The fourth-order valence-electron chi connectivity index (χ4n) is 1.59. The number of rotatable bonds is 4. The van der Waals surface area contributed by atoms with Gasteiger partial charge in [-0.2, -0.15) is 0 Å². The van der Waals surface area contributed by atoms with E-state index in [1.165, 1.54) is 18.3 Å². The highest BCUT2D eigenvalue weighted by atomic mass is 79.9. The van der Waals surface area contributed by atoms with Gasteiger partial charge in [0.25, 0.3) is 5.91 Å². The second-order valence-corrected chi connectivity index (χ2v) is 4.99. The van der Waals surface area contributed by atoms with Crippen LogP contribution in [0.4, 0.5) is 0 Å². The predicted octanol–water partition coefficient (Wildman–Crippen LogP) is 2.47. The minimum atomic E-state index is -0.971. The highest BCUT2D eigenvalue weighted by Gasteiger charge is 2.07. The van der Waals surface area contributed by atoms with Crippen molar-refractivity contribution in [3.8, 4) is 0 Å². The van der Waals surface area contributed by atoms with Gasteiger partial charge in [-0.25, -0.2) is 4.79 Å². The number of pyridine rings is 1. The highest BCUT2D eigenvalue weighted by molar-refractivity contribution is 9.10. The Hall–Kier alpha value is -2.21. The summed E-state index contributed by atoms with van der Waals surface area (Å²) in [6.45, 7) is 0.325. The van der Waals surface area contributed by atoms with E-state index in [0.717, 1.165) is 10.0 Å². The molecule has 0 unspecified atom stereocenters. The van der Waals surface area contributed by atoms with Crippen molar-refractivity contribution in [2.75, 3.05) is 0 Å². The van der Waals surface area contributed by atoms with E-state index in [0.29, 0.717) is 12.1 Å². The summed E-state index contributed by atoms with van der Waals surface area (Å²) in [6, 6.07) is 8.02. The van der Waals surface area contributed by atoms with Gasteiger partial charge < -0.3 is 10.4 Å². The van der Waals surface area contributed by atoms with E-state index in [-0.39, 0.29) is 11.5 Å². The minimum absolute atomic E-state index is 0.219. The molecule has 0 aliphatic heterocycles. The molecule has 0 atom stereocenters. The number of aromatic nitrogens is 1. The maximum atomic E-state index is 11.9. The predicted molar refractivity (Wildman–Crippen MR) is 76.5 cm³/mol. The second-order valence-electron chi connectivity index (χ2n) is 4.08. The van der Waals surface area contributed by atoms with Crippen LogP contribution in [0.15, 0.2) is 47.2 Å². The summed E-state index contributed by atoms with van der Waals surface area (Å²) in [4.78, 5) is 26.5. The number of carboxylic acids is 1. The Balaban J connectivity index is 1.98. The average molecular weight is 335 g/mol. The molecule has 0 aliphatic rings. The molecule has 0 saturated carbocycles. The Morgan fingerprint density at radius 3 is 2.45 bits per heavy atom. The molecule has 0 spiro atoms. The molecule has 2 rings (SSSR count). The van der Waals surface area contributed by atoms with Gasteiger partial charge in [0, 0.05) is 23.4 Å². The standard InChI is InChI=1S/C14H11BrN2O3/c15-12-5-11(7-16-8-12)13(18)17-6-9-1-3-10(4-2-9)14(19)20/h1-5,7-8H,6H2,(H,17,18)(H,19,20). The van der Waals surface area contributed by atoms with Crippen molar-refractivity contribution in [3.05, 3.63) is 63.9 Å². The molecule has 0 aliphatic carbocycles. The maximum absolute atomic E-state index is 11.9. The molecular weight excluding hydrogens is 324 g/mol. The third-order valence-corrected chi connectivity index (χ3v) is 3.05. The molecule has 20 heavy (non-hydrogen) atoms. The zero-order valence-corrected chi connectivity index (χ0v) is 11.9. The third kappa shape index (κ3) is 3.64. The Morgan fingerprint density at radius 2 is 1.85 bits per heavy atom. The van der Waals surface area contributed by atoms with Gasteiger partial charge in [0.2, 0.25) is 0 Å². The van der Waals surface area contributed by atoms with Crippen LogP contribution in [-0.4, -0.2) is 22.0 Å². The first-order valence-electron chi connectivity index (χ1n) is 5.77. The topological polar surface area (TPSA) is 79.3 Å². The monoisotopic (exact) mass is 334 g/mol. The van der Waals surface area contributed by atoms with Gasteiger partial charge in [0.1, 0.15) is 0 Å². The number of nitrogens with zero attached hydrogens (tertiary/aromatic N) is 1. The van der Waals surface area contributed by atoms with Gasteiger partial charge >= 0.3 is 5.97 Å². The molecule has 2 N–H and O–H groups in total. The molecular formula is C14H11BrN2O3. The van der Waals surface area contributed by atoms with Crippen LogP contribution in [0.5, 0.6) is 0 Å². The van der Waals surface area contributed by atoms with E-state index in [9.17, 15) is 9.59 Å². The molecule has 1 amide bonds. The van der Waals surface area contributed by atoms with E-state index in [1.807, 2.05) is 0 Å². The number of carbonyl (C=O) groups is 2. The number of benzene rings is 1. The molecule has 102 valence electrons. The first-order valence-corrected chi connectivity index (χ1v) is 6.56. The largest absolute Gasteiger partial charge is 0.478 e. The molecule has 1 heterocycles. The molecule has 6 heteroatoms. The summed E-state index contributed by atoms with van der Waals surface area (Å²) in [5.41, 5.74) is 1.50. The lowest BCUT2D eigenvalue weighted by atomic mass is 10.1. The van der Waals surface area contributed by atoms with E-state index in [1.54, 1.807) is 24.4 Å². The average Bonchev–Trinajstić information content (AvgIpc) is 2.45. The molecule has 1 aromatic heterocycles. The van der Waals surface area contributed by atoms with Crippen molar-refractivity contribution in [2.45, 2.75) is 6.54 Å². The lowest BCUT2D eigenvalue weighted by Gasteiger charge is -2.06. The van der Waals surface area contributed by atoms with Crippen molar-refractivity contribution < 1.29 is 14.7 Å². The van der Waals surface area contributed by atoms with Crippen molar-refractivity contribution >= 4 is 27.8 Å². The van der Waals surface area contributed by atoms with Gasteiger partial charge in [-0.3, -0.25) is 9.78 Å². The lowest BCUT2D eigenvalue weighted by Crippen LogP contribution is -2.22. The Bertz CT molecular complexity index is 641. The van der Waals surface area contributed by atoms with E-state index in [4.69, 9.17) is 5.11 Å². The van der Waals surface area contributed by atoms with Crippen molar-refractivity contribution in [2.24, 2.45) is 0 Å². The van der Waals surface area contributed by atoms with Gasteiger partial charge in [-0.15, -0.1) is 0 Å². The molecule has 1 aromatic carbocycles.